The van der Waals surface area contributed by atoms with Crippen LogP contribution in [0.5, 0.6) is 11.5 Å². The van der Waals surface area contributed by atoms with Crippen molar-refractivity contribution >= 4 is 18.4 Å². The highest BCUT2D eigenvalue weighted by Crippen LogP contribution is 2.28. The lowest BCUT2D eigenvalue weighted by Crippen LogP contribution is -2.01. The molecule has 0 aliphatic rings. The summed E-state index contributed by atoms with van der Waals surface area (Å²) in [6, 6.07) is 5.79. The number of benzene rings is 1. The molecule has 1 aromatic carbocycles. The first kappa shape index (κ1) is 19.2. The largest absolute Gasteiger partial charge is 0.490 e. The maximum atomic E-state index is 5.72. The molecule has 0 aliphatic carbocycles. The number of hydrogen-bond donors (Lipinski definition) is 1. The first-order valence-electron chi connectivity index (χ1n) is 8.79. The van der Waals surface area contributed by atoms with Gasteiger partial charge < -0.3 is 9.47 Å². The van der Waals surface area contributed by atoms with E-state index in [1.165, 1.54) is 0 Å². The Morgan fingerprint density at radius 2 is 2.04 bits per heavy atom. The number of ether oxygens (including phenoxy) is 2. The number of nitrogens with zero attached hydrogens (tertiary/aromatic N) is 3. The van der Waals surface area contributed by atoms with E-state index in [0.717, 1.165) is 48.6 Å². The third kappa shape index (κ3) is 5.42. The van der Waals surface area contributed by atoms with Crippen molar-refractivity contribution < 1.29 is 9.47 Å². The van der Waals surface area contributed by atoms with E-state index in [9.17, 15) is 0 Å². The molecule has 25 heavy (non-hydrogen) atoms. The summed E-state index contributed by atoms with van der Waals surface area (Å²) < 4.78 is 13.6. The van der Waals surface area contributed by atoms with Gasteiger partial charge in [-0.3, -0.25) is 5.10 Å². The Bertz CT molecular complexity index is 752. The minimum Gasteiger partial charge on any atom is -0.490 e. The molecule has 7 heteroatoms. The van der Waals surface area contributed by atoms with Crippen LogP contribution in [0.15, 0.2) is 23.3 Å². The second kappa shape index (κ2) is 9.98. The van der Waals surface area contributed by atoms with Crippen molar-refractivity contribution in [1.82, 2.24) is 14.9 Å². The molecule has 0 radical (unpaired) electrons. The number of aromatic nitrogens is 3. The van der Waals surface area contributed by atoms with E-state index in [4.69, 9.17) is 21.7 Å². The summed E-state index contributed by atoms with van der Waals surface area (Å²) >= 11 is 5.26. The topological polar surface area (TPSA) is 64.4 Å². The van der Waals surface area contributed by atoms with Gasteiger partial charge in [0.25, 0.3) is 0 Å². The van der Waals surface area contributed by atoms with Crippen LogP contribution in [0.4, 0.5) is 0 Å². The quantitative estimate of drug-likeness (QED) is 0.504. The first-order valence-corrected chi connectivity index (χ1v) is 9.20. The third-order valence-electron chi connectivity index (χ3n) is 3.52. The van der Waals surface area contributed by atoms with Gasteiger partial charge in [-0.1, -0.05) is 20.3 Å². The van der Waals surface area contributed by atoms with Gasteiger partial charge >= 0.3 is 0 Å². The van der Waals surface area contributed by atoms with Crippen molar-refractivity contribution in [3.05, 3.63) is 34.4 Å². The average molecular weight is 362 g/mol. The predicted octanol–water partition coefficient (Wildman–Crippen LogP) is 4.35. The van der Waals surface area contributed by atoms with E-state index in [-0.39, 0.29) is 0 Å². The van der Waals surface area contributed by atoms with Crippen LogP contribution >= 0.6 is 12.2 Å². The normalized spacial score (nSPS) is 11.2. The lowest BCUT2D eigenvalue weighted by Gasteiger charge is -2.11. The molecule has 2 rings (SSSR count). The number of nitrogens with one attached hydrogen (secondary N) is 1. The molecule has 0 saturated carbocycles. The van der Waals surface area contributed by atoms with Crippen LogP contribution in [0.1, 0.15) is 51.4 Å². The Morgan fingerprint density at radius 3 is 2.76 bits per heavy atom. The van der Waals surface area contributed by atoms with Gasteiger partial charge in [0, 0.05) is 6.42 Å². The van der Waals surface area contributed by atoms with Crippen molar-refractivity contribution in [1.29, 1.82) is 0 Å². The molecule has 0 amide bonds. The molecule has 2 aromatic rings. The first-order chi connectivity index (χ1) is 12.2. The van der Waals surface area contributed by atoms with Gasteiger partial charge in [-0.2, -0.15) is 14.9 Å². The smallest absolute Gasteiger partial charge is 0.216 e. The van der Waals surface area contributed by atoms with Crippen LogP contribution in [-0.4, -0.2) is 34.3 Å². The highest BCUT2D eigenvalue weighted by atomic mass is 32.1. The second-order valence-corrected chi connectivity index (χ2v) is 5.98. The van der Waals surface area contributed by atoms with E-state index >= 15 is 0 Å². The summed E-state index contributed by atoms with van der Waals surface area (Å²) in [6.07, 6.45) is 5.70. The molecule has 1 N–H and O–H groups in total. The van der Waals surface area contributed by atoms with Crippen LogP contribution in [0.3, 0.4) is 0 Å². The Morgan fingerprint density at radius 1 is 1.20 bits per heavy atom. The van der Waals surface area contributed by atoms with Crippen LogP contribution in [0, 0.1) is 4.77 Å². The van der Waals surface area contributed by atoms with Gasteiger partial charge in [0.05, 0.1) is 19.4 Å². The SMILES string of the molecule is CCCCc1n[nH]c(=S)n1/N=C\c1ccc(OCCC)c(OCC)c1. The maximum absolute atomic E-state index is 5.72. The van der Waals surface area contributed by atoms with E-state index in [1.54, 1.807) is 10.9 Å². The predicted molar refractivity (Wildman–Crippen MR) is 102 cm³/mol. The van der Waals surface area contributed by atoms with Crippen molar-refractivity contribution in [2.24, 2.45) is 5.10 Å². The minimum absolute atomic E-state index is 0.496. The fourth-order valence-corrected chi connectivity index (χ4v) is 2.47. The number of unbranched alkanes of at least 4 members (excludes halogenated alkanes) is 1. The average Bonchev–Trinajstić information content (AvgIpc) is 2.97. The standard InChI is InChI=1S/C18H26N4O2S/c1-4-7-8-17-20-21-18(25)22(17)19-13-14-9-10-15(24-11-5-2)16(12-14)23-6-3/h9-10,12-13H,4-8,11H2,1-3H3,(H,21,25)/b19-13-. The summed E-state index contributed by atoms with van der Waals surface area (Å²) in [5, 5.41) is 11.5. The summed E-state index contributed by atoms with van der Waals surface area (Å²) in [4.78, 5) is 0. The maximum Gasteiger partial charge on any atom is 0.216 e. The van der Waals surface area contributed by atoms with Crippen LogP contribution in [0.25, 0.3) is 0 Å². The Kier molecular flexibility index (Phi) is 7.66. The molecule has 1 aromatic heterocycles. The molecule has 0 bridgehead atoms. The molecule has 6 nitrogen and oxygen atoms in total. The molecule has 1 heterocycles. The lowest BCUT2D eigenvalue weighted by molar-refractivity contribution is 0.277. The van der Waals surface area contributed by atoms with E-state index < -0.39 is 0 Å². The Balaban J connectivity index is 2.22. The lowest BCUT2D eigenvalue weighted by atomic mass is 10.2. The van der Waals surface area contributed by atoms with Crippen molar-refractivity contribution in [2.45, 2.75) is 46.5 Å². The number of aryl methyl sites for hydroxylation is 1. The van der Waals surface area contributed by atoms with Crippen LogP contribution < -0.4 is 9.47 Å². The Labute approximate surface area is 153 Å². The highest BCUT2D eigenvalue weighted by Gasteiger charge is 2.07. The zero-order chi connectivity index (χ0) is 18.1. The summed E-state index contributed by atoms with van der Waals surface area (Å²) in [5.74, 6) is 2.32. The molecule has 0 spiro atoms. The van der Waals surface area contributed by atoms with Crippen LogP contribution in [0.2, 0.25) is 0 Å². The number of rotatable bonds is 10. The molecule has 0 aliphatic heterocycles. The zero-order valence-corrected chi connectivity index (χ0v) is 15.9. The summed E-state index contributed by atoms with van der Waals surface area (Å²) in [7, 11) is 0. The second-order valence-electron chi connectivity index (χ2n) is 5.59. The van der Waals surface area contributed by atoms with Crippen molar-refractivity contribution in [2.75, 3.05) is 13.2 Å². The number of H-pyrrole nitrogens is 1. The Hall–Kier alpha value is -2.15. The summed E-state index contributed by atoms with van der Waals surface area (Å²) in [6.45, 7) is 7.42. The molecule has 136 valence electrons. The number of aromatic amines is 1. The van der Waals surface area contributed by atoms with Gasteiger partial charge in [-0.25, -0.2) is 0 Å². The number of hydrogen-bond acceptors (Lipinski definition) is 5. The molecule has 0 atom stereocenters. The van der Waals surface area contributed by atoms with E-state index in [2.05, 4.69) is 29.1 Å². The fourth-order valence-electron chi connectivity index (χ4n) is 2.27. The van der Waals surface area contributed by atoms with Crippen molar-refractivity contribution in [3.8, 4) is 11.5 Å². The molecular weight excluding hydrogens is 336 g/mol. The summed E-state index contributed by atoms with van der Waals surface area (Å²) in [5.41, 5.74) is 0.914. The fraction of sp³-hybridized carbons (Fsp3) is 0.500. The van der Waals surface area contributed by atoms with Gasteiger partial charge in [-0.05, 0) is 55.7 Å². The third-order valence-corrected chi connectivity index (χ3v) is 3.79. The van der Waals surface area contributed by atoms with Gasteiger partial charge in [0.2, 0.25) is 4.77 Å². The molecule has 0 fully saturated rings. The van der Waals surface area contributed by atoms with Gasteiger partial charge in [-0.15, -0.1) is 0 Å². The molecule has 0 unspecified atom stereocenters. The van der Waals surface area contributed by atoms with E-state index in [1.807, 2.05) is 25.1 Å². The molecule has 0 saturated heterocycles. The van der Waals surface area contributed by atoms with E-state index in [0.29, 0.717) is 18.0 Å². The van der Waals surface area contributed by atoms with Gasteiger partial charge in [0.15, 0.2) is 17.3 Å². The highest BCUT2D eigenvalue weighted by molar-refractivity contribution is 7.71. The van der Waals surface area contributed by atoms with Crippen LogP contribution in [-0.2, 0) is 6.42 Å². The monoisotopic (exact) mass is 362 g/mol. The van der Waals surface area contributed by atoms with Crippen molar-refractivity contribution in [3.63, 3.8) is 0 Å². The minimum atomic E-state index is 0.496. The van der Waals surface area contributed by atoms with Gasteiger partial charge in [0.1, 0.15) is 0 Å². The zero-order valence-electron chi connectivity index (χ0n) is 15.1. The molecular formula is C18H26N4O2S.